The highest BCUT2D eigenvalue weighted by Gasteiger charge is 2.09. The lowest BCUT2D eigenvalue weighted by atomic mass is 10.1. The first-order valence-corrected chi connectivity index (χ1v) is 6.02. The summed E-state index contributed by atoms with van der Waals surface area (Å²) < 4.78 is 0. The van der Waals surface area contributed by atoms with Gasteiger partial charge in [0.25, 0.3) is 0 Å². The van der Waals surface area contributed by atoms with Gasteiger partial charge in [-0.25, -0.2) is 0 Å². The molecule has 0 bridgehead atoms. The molecule has 0 saturated carbocycles. The molecular formula is C13H24N2O. The van der Waals surface area contributed by atoms with Crippen LogP contribution >= 0.6 is 0 Å². The van der Waals surface area contributed by atoms with E-state index in [1.165, 1.54) is 12.8 Å². The van der Waals surface area contributed by atoms with Crippen LogP contribution < -0.4 is 10.6 Å². The number of rotatable bonds is 8. The van der Waals surface area contributed by atoms with Gasteiger partial charge in [-0.2, -0.15) is 0 Å². The summed E-state index contributed by atoms with van der Waals surface area (Å²) in [4.78, 5) is 11.4. The average Bonchev–Trinajstić information content (AvgIpc) is 2.24. The number of carbonyl (C=O) groups is 1. The van der Waals surface area contributed by atoms with Gasteiger partial charge in [0.1, 0.15) is 0 Å². The summed E-state index contributed by atoms with van der Waals surface area (Å²) in [5.41, 5.74) is 0. The molecule has 0 aliphatic rings. The van der Waals surface area contributed by atoms with Crippen molar-refractivity contribution in [3.8, 4) is 12.3 Å². The second-order valence-electron chi connectivity index (χ2n) is 4.49. The molecular weight excluding hydrogens is 200 g/mol. The Labute approximate surface area is 99.4 Å². The zero-order chi connectivity index (χ0) is 12.4. The second-order valence-corrected chi connectivity index (χ2v) is 4.49. The van der Waals surface area contributed by atoms with Crippen molar-refractivity contribution in [3.05, 3.63) is 0 Å². The zero-order valence-corrected chi connectivity index (χ0v) is 10.7. The molecule has 0 rings (SSSR count). The maximum Gasteiger partial charge on any atom is 0.237 e. The molecule has 0 aromatic rings. The Balaban J connectivity index is 3.46. The number of carbonyl (C=O) groups excluding carboxylic acids is 1. The number of hydrogen-bond acceptors (Lipinski definition) is 2. The van der Waals surface area contributed by atoms with E-state index >= 15 is 0 Å². The SMILES string of the molecule is C#CCNC(=O)C(C)NCCCCC(C)C. The zero-order valence-electron chi connectivity index (χ0n) is 10.7. The van der Waals surface area contributed by atoms with E-state index in [0.29, 0.717) is 6.54 Å². The number of terminal acetylenes is 1. The van der Waals surface area contributed by atoms with Gasteiger partial charge in [0.05, 0.1) is 12.6 Å². The van der Waals surface area contributed by atoms with E-state index in [4.69, 9.17) is 6.42 Å². The van der Waals surface area contributed by atoms with Crippen LogP contribution in [0.1, 0.15) is 40.0 Å². The maximum absolute atomic E-state index is 11.4. The van der Waals surface area contributed by atoms with E-state index in [0.717, 1.165) is 18.9 Å². The maximum atomic E-state index is 11.4. The quantitative estimate of drug-likeness (QED) is 0.485. The van der Waals surface area contributed by atoms with Crippen LogP contribution in [0.2, 0.25) is 0 Å². The van der Waals surface area contributed by atoms with E-state index in [1.54, 1.807) is 0 Å². The predicted molar refractivity (Wildman–Crippen MR) is 68.0 cm³/mol. The van der Waals surface area contributed by atoms with Crippen LogP contribution in [0.3, 0.4) is 0 Å². The van der Waals surface area contributed by atoms with Gasteiger partial charge in [-0.15, -0.1) is 6.42 Å². The average molecular weight is 224 g/mol. The Kier molecular flexibility index (Phi) is 8.65. The van der Waals surface area contributed by atoms with Crippen molar-refractivity contribution in [1.82, 2.24) is 10.6 Å². The minimum absolute atomic E-state index is 0.0261. The second kappa shape index (κ2) is 9.23. The molecule has 0 aliphatic heterocycles. The summed E-state index contributed by atoms with van der Waals surface area (Å²) in [6.07, 6.45) is 8.64. The molecule has 0 fully saturated rings. The normalized spacial score (nSPS) is 12.2. The first-order chi connectivity index (χ1) is 7.57. The summed E-state index contributed by atoms with van der Waals surface area (Å²) in [6, 6.07) is -0.160. The third-order valence-corrected chi connectivity index (χ3v) is 2.42. The summed E-state index contributed by atoms with van der Waals surface area (Å²) in [7, 11) is 0. The van der Waals surface area contributed by atoms with Crippen molar-refractivity contribution < 1.29 is 4.79 Å². The van der Waals surface area contributed by atoms with Crippen molar-refractivity contribution in [1.29, 1.82) is 0 Å². The summed E-state index contributed by atoms with van der Waals surface area (Å²) >= 11 is 0. The minimum atomic E-state index is -0.160. The third kappa shape index (κ3) is 8.31. The summed E-state index contributed by atoms with van der Waals surface area (Å²) in [5.74, 6) is 3.12. The largest absolute Gasteiger partial charge is 0.344 e. The Bertz CT molecular complexity index is 231. The van der Waals surface area contributed by atoms with Crippen LogP contribution in [0.4, 0.5) is 0 Å². The Hall–Kier alpha value is -1.01. The fraction of sp³-hybridized carbons (Fsp3) is 0.769. The fourth-order valence-electron chi connectivity index (χ4n) is 1.38. The fourth-order valence-corrected chi connectivity index (χ4v) is 1.38. The lowest BCUT2D eigenvalue weighted by Gasteiger charge is -2.13. The number of unbranched alkanes of at least 4 members (excludes halogenated alkanes) is 1. The van der Waals surface area contributed by atoms with Gasteiger partial charge >= 0.3 is 0 Å². The molecule has 1 amide bonds. The highest BCUT2D eigenvalue weighted by molar-refractivity contribution is 5.81. The molecule has 1 unspecified atom stereocenters. The van der Waals surface area contributed by atoms with E-state index in [1.807, 2.05) is 6.92 Å². The van der Waals surface area contributed by atoms with Crippen LogP contribution in [0.15, 0.2) is 0 Å². The van der Waals surface area contributed by atoms with Gasteiger partial charge in [0.15, 0.2) is 0 Å². The molecule has 3 nitrogen and oxygen atoms in total. The monoisotopic (exact) mass is 224 g/mol. The lowest BCUT2D eigenvalue weighted by molar-refractivity contribution is -0.122. The van der Waals surface area contributed by atoms with E-state index in [9.17, 15) is 4.79 Å². The Morgan fingerprint density at radius 1 is 1.31 bits per heavy atom. The van der Waals surface area contributed by atoms with Crippen molar-refractivity contribution in [2.24, 2.45) is 5.92 Å². The van der Waals surface area contributed by atoms with Gasteiger partial charge in [-0.3, -0.25) is 4.79 Å². The van der Waals surface area contributed by atoms with Gasteiger partial charge in [0, 0.05) is 0 Å². The first-order valence-electron chi connectivity index (χ1n) is 6.02. The van der Waals surface area contributed by atoms with Gasteiger partial charge in [0.2, 0.25) is 5.91 Å². The Morgan fingerprint density at radius 2 is 2.00 bits per heavy atom. The minimum Gasteiger partial charge on any atom is -0.344 e. The van der Waals surface area contributed by atoms with Crippen molar-refractivity contribution in [2.75, 3.05) is 13.1 Å². The predicted octanol–water partition coefficient (Wildman–Crippen LogP) is 1.54. The van der Waals surface area contributed by atoms with Gasteiger partial charge in [-0.05, 0) is 25.8 Å². The van der Waals surface area contributed by atoms with E-state index in [2.05, 4.69) is 30.4 Å². The molecule has 1 atom stereocenters. The molecule has 0 aliphatic carbocycles. The number of nitrogens with one attached hydrogen (secondary N) is 2. The molecule has 0 radical (unpaired) electrons. The van der Waals surface area contributed by atoms with Crippen molar-refractivity contribution in [3.63, 3.8) is 0 Å². The number of amides is 1. The smallest absolute Gasteiger partial charge is 0.237 e. The summed E-state index contributed by atoms with van der Waals surface area (Å²) in [6.45, 7) is 7.50. The molecule has 0 heterocycles. The van der Waals surface area contributed by atoms with Crippen LogP contribution in [0, 0.1) is 18.3 Å². The molecule has 92 valence electrons. The highest BCUT2D eigenvalue weighted by atomic mass is 16.2. The van der Waals surface area contributed by atoms with Crippen LogP contribution in [-0.2, 0) is 4.79 Å². The highest BCUT2D eigenvalue weighted by Crippen LogP contribution is 2.05. The third-order valence-electron chi connectivity index (χ3n) is 2.42. The summed E-state index contributed by atoms with van der Waals surface area (Å²) in [5, 5.41) is 5.84. The molecule has 0 aromatic carbocycles. The molecule has 0 saturated heterocycles. The van der Waals surface area contributed by atoms with Crippen LogP contribution in [-0.4, -0.2) is 25.0 Å². The van der Waals surface area contributed by atoms with E-state index < -0.39 is 0 Å². The molecule has 0 spiro atoms. The van der Waals surface area contributed by atoms with Crippen LogP contribution in [0.5, 0.6) is 0 Å². The molecule has 16 heavy (non-hydrogen) atoms. The lowest BCUT2D eigenvalue weighted by Crippen LogP contribution is -2.42. The van der Waals surface area contributed by atoms with E-state index in [-0.39, 0.29) is 11.9 Å². The number of hydrogen-bond donors (Lipinski definition) is 2. The topological polar surface area (TPSA) is 41.1 Å². The van der Waals surface area contributed by atoms with Crippen LogP contribution in [0.25, 0.3) is 0 Å². The molecule has 0 aromatic heterocycles. The molecule has 3 heteroatoms. The van der Waals surface area contributed by atoms with Gasteiger partial charge < -0.3 is 10.6 Å². The van der Waals surface area contributed by atoms with Crippen molar-refractivity contribution in [2.45, 2.75) is 46.1 Å². The molecule has 2 N–H and O–H groups in total. The first kappa shape index (κ1) is 15.0. The van der Waals surface area contributed by atoms with Gasteiger partial charge in [-0.1, -0.05) is 32.6 Å². The van der Waals surface area contributed by atoms with Crippen molar-refractivity contribution >= 4 is 5.91 Å². The standard InChI is InChI=1S/C13H24N2O/c1-5-9-15-13(16)12(4)14-10-7-6-8-11(2)3/h1,11-12,14H,6-10H2,2-4H3,(H,15,16). The Morgan fingerprint density at radius 3 is 2.56 bits per heavy atom.